The molecule has 1 N–H and O–H groups in total. The van der Waals surface area contributed by atoms with Gasteiger partial charge in [-0.2, -0.15) is 0 Å². The Hall–Kier alpha value is -1.78. The summed E-state index contributed by atoms with van der Waals surface area (Å²) in [5.74, 6) is 0.716. The van der Waals surface area contributed by atoms with Crippen LogP contribution in [0.4, 0.5) is 0 Å². The van der Waals surface area contributed by atoms with Gasteiger partial charge in [-0.15, -0.1) is 0 Å². The van der Waals surface area contributed by atoms with Crippen molar-refractivity contribution in [2.24, 2.45) is 5.92 Å². The molecule has 0 radical (unpaired) electrons. The van der Waals surface area contributed by atoms with Gasteiger partial charge in [0.2, 0.25) is 11.8 Å². The number of hydrogen-bond acceptors (Lipinski definition) is 2. The Labute approximate surface area is 118 Å². The van der Waals surface area contributed by atoms with Gasteiger partial charge in [0.25, 0.3) is 0 Å². The van der Waals surface area contributed by atoms with E-state index in [2.05, 4.69) is 4.98 Å². The SMILES string of the molecule is O=C(Cc1ccc[nH]1)N1CCCN(C(=O)C2CC2)CC1. The van der Waals surface area contributed by atoms with Gasteiger partial charge in [0, 0.05) is 44.0 Å². The maximum absolute atomic E-state index is 12.2. The van der Waals surface area contributed by atoms with Crippen LogP contribution >= 0.6 is 0 Å². The highest BCUT2D eigenvalue weighted by Crippen LogP contribution is 2.31. The van der Waals surface area contributed by atoms with Gasteiger partial charge in [-0.25, -0.2) is 0 Å². The van der Waals surface area contributed by atoms with E-state index >= 15 is 0 Å². The van der Waals surface area contributed by atoms with E-state index in [1.54, 1.807) is 0 Å². The summed E-state index contributed by atoms with van der Waals surface area (Å²) in [6.45, 7) is 2.90. The Bertz CT molecular complexity index is 479. The van der Waals surface area contributed by atoms with E-state index in [0.717, 1.165) is 38.0 Å². The van der Waals surface area contributed by atoms with Gasteiger partial charge in [0.1, 0.15) is 0 Å². The number of amides is 2. The van der Waals surface area contributed by atoms with Crippen LogP contribution in [0.3, 0.4) is 0 Å². The van der Waals surface area contributed by atoms with Crippen LogP contribution in [0.25, 0.3) is 0 Å². The van der Waals surface area contributed by atoms with Gasteiger partial charge in [0.05, 0.1) is 6.42 Å². The lowest BCUT2D eigenvalue weighted by Gasteiger charge is -2.22. The Morgan fingerprint density at radius 3 is 2.60 bits per heavy atom. The molecular formula is C15H21N3O2. The van der Waals surface area contributed by atoms with E-state index in [9.17, 15) is 9.59 Å². The van der Waals surface area contributed by atoms with Gasteiger partial charge in [0.15, 0.2) is 0 Å². The summed E-state index contributed by atoms with van der Waals surface area (Å²) in [5, 5.41) is 0. The Morgan fingerprint density at radius 2 is 1.90 bits per heavy atom. The summed E-state index contributed by atoms with van der Waals surface area (Å²) in [6, 6.07) is 3.83. The van der Waals surface area contributed by atoms with Crippen molar-refractivity contribution in [3.05, 3.63) is 24.0 Å². The lowest BCUT2D eigenvalue weighted by Crippen LogP contribution is -2.38. The summed E-state index contributed by atoms with van der Waals surface area (Å²) in [6.07, 6.45) is 5.23. The highest BCUT2D eigenvalue weighted by molar-refractivity contribution is 5.81. The number of aromatic nitrogens is 1. The second-order valence-electron chi connectivity index (χ2n) is 5.71. The first kappa shape index (κ1) is 13.2. The zero-order chi connectivity index (χ0) is 13.9. The lowest BCUT2D eigenvalue weighted by molar-refractivity contribution is -0.134. The number of H-pyrrole nitrogens is 1. The second kappa shape index (κ2) is 5.69. The minimum absolute atomic E-state index is 0.146. The van der Waals surface area contributed by atoms with Crippen molar-refractivity contribution >= 4 is 11.8 Å². The molecule has 2 aliphatic rings. The zero-order valence-electron chi connectivity index (χ0n) is 11.7. The first-order valence-electron chi connectivity index (χ1n) is 7.43. The van der Waals surface area contributed by atoms with Crippen molar-refractivity contribution in [3.63, 3.8) is 0 Å². The topological polar surface area (TPSA) is 56.4 Å². The molecule has 1 aromatic rings. The molecule has 1 saturated heterocycles. The molecule has 20 heavy (non-hydrogen) atoms. The maximum atomic E-state index is 12.2. The molecule has 1 aliphatic heterocycles. The molecule has 1 saturated carbocycles. The van der Waals surface area contributed by atoms with E-state index in [4.69, 9.17) is 0 Å². The Morgan fingerprint density at radius 1 is 1.15 bits per heavy atom. The predicted octanol–water partition coefficient (Wildman–Crippen LogP) is 1.03. The van der Waals surface area contributed by atoms with Crippen LogP contribution in [-0.4, -0.2) is 52.8 Å². The van der Waals surface area contributed by atoms with Crippen LogP contribution in [0, 0.1) is 5.92 Å². The largest absolute Gasteiger partial charge is 0.365 e. The molecule has 1 aliphatic carbocycles. The Kier molecular flexibility index (Phi) is 3.76. The van der Waals surface area contributed by atoms with E-state index in [1.165, 1.54) is 0 Å². The van der Waals surface area contributed by atoms with Gasteiger partial charge in [-0.1, -0.05) is 0 Å². The number of nitrogens with zero attached hydrogens (tertiary/aromatic N) is 2. The quantitative estimate of drug-likeness (QED) is 0.895. The van der Waals surface area contributed by atoms with Crippen LogP contribution in [-0.2, 0) is 16.0 Å². The van der Waals surface area contributed by atoms with Gasteiger partial charge in [-0.3, -0.25) is 9.59 Å². The first-order chi connectivity index (χ1) is 9.74. The Balaban J connectivity index is 1.53. The molecule has 1 aromatic heterocycles. The molecular weight excluding hydrogens is 254 g/mol. The van der Waals surface area contributed by atoms with Crippen molar-refractivity contribution in [2.75, 3.05) is 26.2 Å². The maximum Gasteiger partial charge on any atom is 0.228 e. The van der Waals surface area contributed by atoms with Crippen LogP contribution < -0.4 is 0 Å². The standard InChI is InChI=1S/C15H21N3O2/c19-14(11-13-3-1-6-16-13)17-7-2-8-18(10-9-17)15(20)12-4-5-12/h1,3,6,12,16H,2,4-5,7-11H2. The summed E-state index contributed by atoms with van der Waals surface area (Å²) in [7, 11) is 0. The number of nitrogens with one attached hydrogen (secondary N) is 1. The molecule has 2 heterocycles. The molecule has 108 valence electrons. The highest BCUT2D eigenvalue weighted by Gasteiger charge is 2.34. The van der Waals surface area contributed by atoms with Crippen molar-refractivity contribution in [3.8, 4) is 0 Å². The monoisotopic (exact) mass is 275 g/mol. The molecule has 0 atom stereocenters. The van der Waals surface area contributed by atoms with E-state index in [1.807, 2.05) is 28.1 Å². The van der Waals surface area contributed by atoms with Crippen LogP contribution in [0.1, 0.15) is 25.0 Å². The lowest BCUT2D eigenvalue weighted by atomic mass is 10.2. The number of carbonyl (C=O) groups excluding carboxylic acids is 2. The number of aromatic amines is 1. The number of rotatable bonds is 3. The fourth-order valence-electron chi connectivity index (χ4n) is 2.73. The molecule has 0 unspecified atom stereocenters. The first-order valence-corrected chi connectivity index (χ1v) is 7.43. The van der Waals surface area contributed by atoms with Crippen molar-refractivity contribution in [2.45, 2.75) is 25.7 Å². The fraction of sp³-hybridized carbons (Fsp3) is 0.600. The molecule has 3 rings (SSSR count). The van der Waals surface area contributed by atoms with Gasteiger partial charge >= 0.3 is 0 Å². The summed E-state index contributed by atoms with van der Waals surface area (Å²) in [5.41, 5.74) is 0.949. The van der Waals surface area contributed by atoms with E-state index in [-0.39, 0.29) is 11.8 Å². The second-order valence-corrected chi connectivity index (χ2v) is 5.71. The van der Waals surface area contributed by atoms with Crippen molar-refractivity contribution < 1.29 is 9.59 Å². The number of carbonyl (C=O) groups is 2. The summed E-state index contributed by atoms with van der Waals surface area (Å²) < 4.78 is 0. The van der Waals surface area contributed by atoms with Crippen LogP contribution in [0.15, 0.2) is 18.3 Å². The third-order valence-electron chi connectivity index (χ3n) is 4.09. The summed E-state index contributed by atoms with van der Waals surface area (Å²) in [4.78, 5) is 31.2. The molecule has 5 nitrogen and oxygen atoms in total. The minimum atomic E-state index is 0.146. The summed E-state index contributed by atoms with van der Waals surface area (Å²) >= 11 is 0. The van der Waals surface area contributed by atoms with Crippen molar-refractivity contribution in [1.29, 1.82) is 0 Å². The average molecular weight is 275 g/mol. The smallest absolute Gasteiger partial charge is 0.228 e. The molecule has 0 bridgehead atoms. The zero-order valence-corrected chi connectivity index (χ0v) is 11.7. The molecule has 2 fully saturated rings. The van der Waals surface area contributed by atoms with Crippen LogP contribution in [0.5, 0.6) is 0 Å². The molecule has 2 amide bonds. The average Bonchev–Trinajstić information content (AvgIpc) is 3.22. The molecule has 0 spiro atoms. The van der Waals surface area contributed by atoms with Crippen LogP contribution in [0.2, 0.25) is 0 Å². The van der Waals surface area contributed by atoms with Gasteiger partial charge in [-0.05, 0) is 31.4 Å². The van der Waals surface area contributed by atoms with Gasteiger partial charge < -0.3 is 14.8 Å². The fourth-order valence-corrected chi connectivity index (χ4v) is 2.73. The molecule has 5 heteroatoms. The third-order valence-corrected chi connectivity index (χ3v) is 4.09. The third kappa shape index (κ3) is 3.03. The predicted molar refractivity (Wildman–Crippen MR) is 75.0 cm³/mol. The molecule has 0 aromatic carbocycles. The normalized spacial score (nSPS) is 19.8. The van der Waals surface area contributed by atoms with E-state index in [0.29, 0.717) is 25.4 Å². The van der Waals surface area contributed by atoms with Crippen molar-refractivity contribution in [1.82, 2.24) is 14.8 Å². The number of hydrogen-bond donors (Lipinski definition) is 1. The minimum Gasteiger partial charge on any atom is -0.365 e. The van der Waals surface area contributed by atoms with E-state index < -0.39 is 0 Å². The highest BCUT2D eigenvalue weighted by atomic mass is 16.2.